The number of isocyanates is 1. The van der Waals surface area contributed by atoms with Gasteiger partial charge in [0.2, 0.25) is 6.08 Å². The molecule has 0 atom stereocenters. The first-order valence-corrected chi connectivity index (χ1v) is 2.52. The highest BCUT2D eigenvalue weighted by Crippen LogP contribution is 2.05. The Labute approximate surface area is 56.2 Å². The molecule has 1 rings (SSSR count). The van der Waals surface area contributed by atoms with Gasteiger partial charge in [0, 0.05) is 0 Å². The Morgan fingerprint density at radius 2 is 2.40 bits per heavy atom. The van der Waals surface area contributed by atoms with E-state index in [-0.39, 0.29) is 5.82 Å². The lowest BCUT2D eigenvalue weighted by atomic mass is 10.4. The second-order valence-electron chi connectivity index (χ2n) is 1.54. The van der Waals surface area contributed by atoms with Crippen LogP contribution in [0.4, 0.5) is 10.2 Å². The van der Waals surface area contributed by atoms with E-state index in [9.17, 15) is 9.18 Å². The van der Waals surface area contributed by atoms with Gasteiger partial charge in [0.05, 0.1) is 6.20 Å². The number of nitrogens with zero attached hydrogens (tertiary/aromatic N) is 2. The van der Waals surface area contributed by atoms with Gasteiger partial charge in [0.25, 0.3) is 0 Å². The fourth-order valence-corrected chi connectivity index (χ4v) is 0.481. The standard InChI is InChI=1S/C6H3FN2O/c7-5-1-2-6(8-3-5)9-4-10/h1-3H. The molecule has 0 radical (unpaired) electrons. The first kappa shape index (κ1) is 6.58. The van der Waals surface area contributed by atoms with Gasteiger partial charge in [0.1, 0.15) is 5.82 Å². The van der Waals surface area contributed by atoms with E-state index in [0.717, 1.165) is 6.20 Å². The maximum Gasteiger partial charge on any atom is 0.242 e. The molecule has 0 fully saturated rings. The highest BCUT2D eigenvalue weighted by atomic mass is 19.1. The molecule has 1 heterocycles. The molecule has 0 amide bonds. The van der Waals surface area contributed by atoms with Crippen LogP contribution in [-0.4, -0.2) is 11.1 Å². The SMILES string of the molecule is O=C=Nc1ccc(F)cn1. The van der Waals surface area contributed by atoms with Gasteiger partial charge >= 0.3 is 0 Å². The second kappa shape index (κ2) is 2.85. The van der Waals surface area contributed by atoms with Gasteiger partial charge < -0.3 is 0 Å². The molecule has 0 unspecified atom stereocenters. The average molecular weight is 138 g/mol. The van der Waals surface area contributed by atoms with Crippen molar-refractivity contribution in [3.05, 3.63) is 24.1 Å². The minimum absolute atomic E-state index is 0.163. The van der Waals surface area contributed by atoms with E-state index in [1.807, 2.05) is 0 Å². The zero-order valence-corrected chi connectivity index (χ0v) is 4.91. The summed E-state index contributed by atoms with van der Waals surface area (Å²) in [7, 11) is 0. The van der Waals surface area contributed by atoms with E-state index in [2.05, 4.69) is 9.98 Å². The van der Waals surface area contributed by atoms with Crippen LogP contribution in [0.2, 0.25) is 0 Å². The van der Waals surface area contributed by atoms with Crippen molar-refractivity contribution in [2.45, 2.75) is 0 Å². The maximum atomic E-state index is 12.1. The lowest BCUT2D eigenvalue weighted by Gasteiger charge is -1.86. The molecule has 0 N–H and O–H groups in total. The zero-order valence-electron chi connectivity index (χ0n) is 4.91. The number of rotatable bonds is 1. The fraction of sp³-hybridized carbons (Fsp3) is 0. The Kier molecular flexibility index (Phi) is 1.87. The zero-order chi connectivity index (χ0) is 7.40. The quantitative estimate of drug-likeness (QED) is 0.432. The highest BCUT2D eigenvalue weighted by Gasteiger charge is 1.89. The molecule has 0 spiro atoms. The number of halogens is 1. The van der Waals surface area contributed by atoms with Gasteiger partial charge in [-0.3, -0.25) is 0 Å². The molecule has 0 saturated carbocycles. The van der Waals surface area contributed by atoms with Crippen molar-refractivity contribution in [1.29, 1.82) is 0 Å². The van der Waals surface area contributed by atoms with E-state index >= 15 is 0 Å². The summed E-state index contributed by atoms with van der Waals surface area (Å²) in [5.41, 5.74) is 0. The summed E-state index contributed by atoms with van der Waals surface area (Å²) < 4.78 is 12.1. The van der Waals surface area contributed by atoms with E-state index in [4.69, 9.17) is 0 Å². The van der Waals surface area contributed by atoms with Gasteiger partial charge in [-0.1, -0.05) is 0 Å². The van der Waals surface area contributed by atoms with E-state index in [1.54, 1.807) is 0 Å². The third-order valence-corrected chi connectivity index (χ3v) is 0.872. The maximum absolute atomic E-state index is 12.1. The first-order chi connectivity index (χ1) is 4.83. The molecular weight excluding hydrogens is 135 g/mol. The Morgan fingerprint density at radius 3 is 2.90 bits per heavy atom. The normalized spacial score (nSPS) is 8.50. The lowest BCUT2D eigenvalue weighted by Crippen LogP contribution is -1.75. The third-order valence-electron chi connectivity index (χ3n) is 0.872. The number of aromatic nitrogens is 1. The number of aliphatic imine (C=N–C) groups is 1. The molecule has 1 aromatic rings. The Morgan fingerprint density at radius 1 is 1.60 bits per heavy atom. The summed E-state index contributed by atoms with van der Waals surface area (Å²) >= 11 is 0. The van der Waals surface area contributed by atoms with Crippen LogP contribution in [0.15, 0.2) is 23.3 Å². The number of carbonyl (C=O) groups excluding carboxylic acids is 1. The molecule has 0 aromatic carbocycles. The van der Waals surface area contributed by atoms with Gasteiger partial charge in [-0.05, 0) is 12.1 Å². The summed E-state index contributed by atoms with van der Waals surface area (Å²) in [5, 5.41) is 0. The molecule has 3 nitrogen and oxygen atoms in total. The molecule has 10 heavy (non-hydrogen) atoms. The Balaban J connectivity index is 3.00. The summed E-state index contributed by atoms with van der Waals surface area (Å²) in [6.07, 6.45) is 2.28. The van der Waals surface area contributed by atoms with Crippen LogP contribution in [-0.2, 0) is 4.79 Å². The molecule has 50 valence electrons. The van der Waals surface area contributed by atoms with Crippen LogP contribution < -0.4 is 0 Å². The smallest absolute Gasteiger partial charge is 0.233 e. The number of hydrogen-bond donors (Lipinski definition) is 0. The van der Waals surface area contributed by atoms with Crippen LogP contribution >= 0.6 is 0 Å². The molecular formula is C6H3FN2O. The van der Waals surface area contributed by atoms with Crippen molar-refractivity contribution < 1.29 is 9.18 Å². The van der Waals surface area contributed by atoms with Crippen molar-refractivity contribution in [1.82, 2.24) is 4.98 Å². The molecule has 0 bridgehead atoms. The largest absolute Gasteiger partial charge is 0.242 e. The van der Waals surface area contributed by atoms with Gasteiger partial charge in [-0.2, -0.15) is 0 Å². The minimum atomic E-state index is -0.454. The highest BCUT2D eigenvalue weighted by molar-refractivity contribution is 5.43. The predicted molar refractivity (Wildman–Crippen MR) is 32.0 cm³/mol. The number of pyridine rings is 1. The van der Waals surface area contributed by atoms with Crippen LogP contribution in [0.1, 0.15) is 0 Å². The van der Waals surface area contributed by atoms with Crippen molar-refractivity contribution >= 4 is 11.9 Å². The topological polar surface area (TPSA) is 42.3 Å². The fourth-order valence-electron chi connectivity index (χ4n) is 0.481. The summed E-state index contributed by atoms with van der Waals surface area (Å²) in [4.78, 5) is 16.3. The van der Waals surface area contributed by atoms with E-state index < -0.39 is 5.82 Å². The second-order valence-corrected chi connectivity index (χ2v) is 1.54. The molecule has 0 aliphatic rings. The summed E-state index contributed by atoms with van der Waals surface area (Å²) in [5.74, 6) is -0.291. The van der Waals surface area contributed by atoms with Crippen molar-refractivity contribution in [3.8, 4) is 0 Å². The first-order valence-electron chi connectivity index (χ1n) is 2.52. The molecule has 4 heteroatoms. The summed E-state index contributed by atoms with van der Waals surface area (Å²) in [6.45, 7) is 0. The van der Waals surface area contributed by atoms with Crippen LogP contribution in [0.3, 0.4) is 0 Å². The number of hydrogen-bond acceptors (Lipinski definition) is 3. The lowest BCUT2D eigenvalue weighted by molar-refractivity contribution is 0.565. The van der Waals surface area contributed by atoms with Gasteiger partial charge in [-0.15, -0.1) is 4.99 Å². The molecule has 0 aliphatic carbocycles. The minimum Gasteiger partial charge on any atom is -0.233 e. The monoisotopic (exact) mass is 138 g/mol. The van der Waals surface area contributed by atoms with Crippen LogP contribution in [0, 0.1) is 5.82 Å². The van der Waals surface area contributed by atoms with Gasteiger partial charge in [0.15, 0.2) is 5.82 Å². The molecule has 1 aromatic heterocycles. The van der Waals surface area contributed by atoms with Crippen molar-refractivity contribution in [2.24, 2.45) is 4.99 Å². The Hall–Kier alpha value is -1.54. The predicted octanol–water partition coefficient (Wildman–Crippen LogP) is 1.19. The van der Waals surface area contributed by atoms with Gasteiger partial charge in [-0.25, -0.2) is 14.2 Å². The van der Waals surface area contributed by atoms with Crippen LogP contribution in [0.5, 0.6) is 0 Å². The third kappa shape index (κ3) is 1.47. The van der Waals surface area contributed by atoms with Crippen LogP contribution in [0.25, 0.3) is 0 Å². The van der Waals surface area contributed by atoms with Crippen molar-refractivity contribution in [3.63, 3.8) is 0 Å². The molecule has 0 aliphatic heterocycles. The molecule has 0 saturated heterocycles. The van der Waals surface area contributed by atoms with E-state index in [0.29, 0.717) is 0 Å². The van der Waals surface area contributed by atoms with E-state index in [1.165, 1.54) is 18.2 Å². The average Bonchev–Trinajstić information content (AvgIpc) is 1.95. The van der Waals surface area contributed by atoms with Crippen molar-refractivity contribution in [2.75, 3.05) is 0 Å². The Bertz CT molecular complexity index is 264. The summed E-state index contributed by atoms with van der Waals surface area (Å²) in [6, 6.07) is 2.46.